The van der Waals surface area contributed by atoms with E-state index in [9.17, 15) is 9.59 Å². The van der Waals surface area contributed by atoms with Crippen LogP contribution in [0.2, 0.25) is 0 Å². The summed E-state index contributed by atoms with van der Waals surface area (Å²) >= 11 is 0. The Labute approximate surface area is 190 Å². The molecule has 0 radical (unpaired) electrons. The lowest BCUT2D eigenvalue weighted by Crippen LogP contribution is -2.50. The highest BCUT2D eigenvalue weighted by atomic mass is 16.5. The number of hydrogen-bond acceptors (Lipinski definition) is 7. The van der Waals surface area contributed by atoms with Gasteiger partial charge in [0, 0.05) is 43.7 Å². The summed E-state index contributed by atoms with van der Waals surface area (Å²) in [7, 11) is 0. The number of fused-ring (bicyclic) bond motifs is 1. The van der Waals surface area contributed by atoms with Gasteiger partial charge in [-0.05, 0) is 46.2 Å². The Balaban J connectivity index is 1.01. The van der Waals surface area contributed by atoms with E-state index in [2.05, 4.69) is 32.6 Å². The maximum absolute atomic E-state index is 12.8. The number of piperazine rings is 1. The van der Waals surface area contributed by atoms with E-state index < -0.39 is 0 Å². The van der Waals surface area contributed by atoms with Crippen molar-refractivity contribution >= 4 is 11.9 Å². The fourth-order valence-corrected chi connectivity index (χ4v) is 4.96. The van der Waals surface area contributed by atoms with Gasteiger partial charge in [-0.2, -0.15) is 0 Å². The first kappa shape index (κ1) is 20.0. The number of benzene rings is 2. The highest BCUT2D eigenvalue weighted by Gasteiger charge is 2.44. The molecule has 3 aliphatic rings. The maximum Gasteiger partial charge on any atom is 0.338 e. The molecule has 3 heterocycles. The van der Waals surface area contributed by atoms with Crippen LogP contribution in [-0.2, 0) is 22.6 Å². The predicted molar refractivity (Wildman–Crippen MR) is 118 cm³/mol. The minimum Gasteiger partial charge on any atom is -0.457 e. The van der Waals surface area contributed by atoms with Gasteiger partial charge in [0.25, 0.3) is 0 Å². The molecule has 168 valence electrons. The minimum absolute atomic E-state index is 0.167. The molecule has 0 N–H and O–H groups in total. The lowest BCUT2D eigenvalue weighted by molar-refractivity contribution is -0.132. The summed E-state index contributed by atoms with van der Waals surface area (Å²) in [5.74, 6) is 0.459. The first-order valence-electron chi connectivity index (χ1n) is 11.3. The molecule has 1 saturated carbocycles. The molecule has 2 fully saturated rings. The SMILES string of the molecule is O=C1OCc2cc(C3CC3N3CCN(C(=O)Cc4ccc(-n5cnnn5)cc4)CC3)ccc21. The van der Waals surface area contributed by atoms with Crippen LogP contribution in [0.25, 0.3) is 5.69 Å². The third kappa shape index (κ3) is 3.89. The van der Waals surface area contributed by atoms with Gasteiger partial charge in [0.15, 0.2) is 0 Å². The van der Waals surface area contributed by atoms with Crippen LogP contribution in [-0.4, -0.2) is 74.1 Å². The zero-order chi connectivity index (χ0) is 22.4. The number of aromatic nitrogens is 4. The molecule has 1 aromatic heterocycles. The normalized spacial score (nSPS) is 22.2. The van der Waals surface area contributed by atoms with Crippen molar-refractivity contribution in [3.8, 4) is 5.69 Å². The third-order valence-electron chi connectivity index (χ3n) is 6.93. The van der Waals surface area contributed by atoms with Crippen molar-refractivity contribution in [3.63, 3.8) is 0 Å². The first-order valence-corrected chi connectivity index (χ1v) is 11.3. The number of amides is 1. The van der Waals surface area contributed by atoms with E-state index in [1.54, 1.807) is 11.0 Å². The predicted octanol–water partition coefficient (Wildman–Crippen LogP) is 1.58. The van der Waals surface area contributed by atoms with E-state index in [0.29, 0.717) is 30.6 Å². The molecule has 33 heavy (non-hydrogen) atoms. The Hall–Kier alpha value is -3.59. The van der Waals surface area contributed by atoms with Crippen LogP contribution < -0.4 is 0 Å². The number of hydrogen-bond donors (Lipinski definition) is 0. The Morgan fingerprint density at radius 2 is 1.88 bits per heavy atom. The van der Waals surface area contributed by atoms with Crippen molar-refractivity contribution in [1.29, 1.82) is 0 Å². The van der Waals surface area contributed by atoms with Gasteiger partial charge >= 0.3 is 5.97 Å². The number of tetrazole rings is 1. The molecule has 1 aliphatic carbocycles. The Morgan fingerprint density at radius 1 is 1.06 bits per heavy atom. The molecule has 9 heteroatoms. The van der Waals surface area contributed by atoms with Crippen molar-refractivity contribution in [2.45, 2.75) is 31.4 Å². The Kier molecular flexibility index (Phi) is 4.91. The smallest absolute Gasteiger partial charge is 0.338 e. The molecule has 1 amide bonds. The third-order valence-corrected chi connectivity index (χ3v) is 6.93. The fourth-order valence-electron chi connectivity index (χ4n) is 4.96. The molecule has 6 rings (SSSR count). The average molecular weight is 444 g/mol. The van der Waals surface area contributed by atoms with Crippen LogP contribution in [0.15, 0.2) is 48.8 Å². The molecule has 2 aromatic carbocycles. The Bertz CT molecular complexity index is 1190. The molecular formula is C24H24N6O3. The number of rotatable bonds is 5. The number of carbonyl (C=O) groups is 2. The zero-order valence-electron chi connectivity index (χ0n) is 18.1. The second-order valence-electron chi connectivity index (χ2n) is 8.92. The van der Waals surface area contributed by atoms with E-state index >= 15 is 0 Å². The summed E-state index contributed by atoms with van der Waals surface area (Å²) in [6.07, 6.45) is 3.08. The highest BCUT2D eigenvalue weighted by molar-refractivity contribution is 5.93. The van der Waals surface area contributed by atoms with Gasteiger partial charge in [-0.25, -0.2) is 9.48 Å². The molecule has 0 bridgehead atoms. The van der Waals surface area contributed by atoms with E-state index in [0.717, 1.165) is 49.4 Å². The van der Waals surface area contributed by atoms with Gasteiger partial charge in [-0.1, -0.05) is 24.3 Å². The second-order valence-corrected chi connectivity index (χ2v) is 8.92. The van der Waals surface area contributed by atoms with Gasteiger partial charge < -0.3 is 9.64 Å². The van der Waals surface area contributed by atoms with Gasteiger partial charge in [0.05, 0.1) is 17.7 Å². The van der Waals surface area contributed by atoms with Crippen molar-refractivity contribution in [2.75, 3.05) is 26.2 Å². The zero-order valence-corrected chi connectivity index (χ0v) is 18.1. The van der Waals surface area contributed by atoms with Crippen molar-refractivity contribution in [1.82, 2.24) is 30.0 Å². The van der Waals surface area contributed by atoms with Crippen molar-refractivity contribution in [2.24, 2.45) is 0 Å². The van der Waals surface area contributed by atoms with E-state index in [1.807, 2.05) is 35.2 Å². The summed E-state index contributed by atoms with van der Waals surface area (Å²) in [4.78, 5) is 29.0. The van der Waals surface area contributed by atoms with Crippen LogP contribution in [0, 0.1) is 0 Å². The average Bonchev–Trinajstić information content (AvgIpc) is 3.28. The fraction of sp³-hybridized carbons (Fsp3) is 0.375. The molecule has 3 aromatic rings. The van der Waals surface area contributed by atoms with E-state index in [1.165, 1.54) is 5.56 Å². The highest BCUT2D eigenvalue weighted by Crippen LogP contribution is 2.45. The van der Waals surface area contributed by atoms with E-state index in [4.69, 9.17) is 4.74 Å². The monoisotopic (exact) mass is 444 g/mol. The topological polar surface area (TPSA) is 93.5 Å². The first-order chi connectivity index (χ1) is 16.2. The van der Waals surface area contributed by atoms with Crippen LogP contribution in [0.3, 0.4) is 0 Å². The van der Waals surface area contributed by atoms with E-state index in [-0.39, 0.29) is 11.9 Å². The molecule has 2 unspecified atom stereocenters. The largest absolute Gasteiger partial charge is 0.457 e. The summed E-state index contributed by atoms with van der Waals surface area (Å²) in [6, 6.07) is 14.4. The summed E-state index contributed by atoms with van der Waals surface area (Å²) in [5, 5.41) is 11.2. The number of esters is 1. The van der Waals surface area contributed by atoms with Crippen LogP contribution >= 0.6 is 0 Å². The van der Waals surface area contributed by atoms with Crippen LogP contribution in [0.4, 0.5) is 0 Å². The van der Waals surface area contributed by atoms with Gasteiger partial charge in [0.2, 0.25) is 5.91 Å². The molecule has 2 atom stereocenters. The Morgan fingerprint density at radius 3 is 2.64 bits per heavy atom. The molecular weight excluding hydrogens is 420 g/mol. The molecule has 2 aliphatic heterocycles. The number of nitrogens with zero attached hydrogens (tertiary/aromatic N) is 6. The quantitative estimate of drug-likeness (QED) is 0.552. The van der Waals surface area contributed by atoms with Crippen LogP contribution in [0.1, 0.15) is 39.4 Å². The standard InChI is InChI=1S/C24H24N6O3/c31-23(11-16-1-4-19(5-2-16)30-15-25-26-27-30)29-9-7-28(8-10-29)22-13-21(22)17-3-6-20-18(12-17)14-33-24(20)32/h1-6,12,15,21-22H,7-11,13-14H2. The summed E-state index contributed by atoms with van der Waals surface area (Å²) in [6.45, 7) is 3.71. The lowest BCUT2D eigenvalue weighted by atomic mass is 10.0. The van der Waals surface area contributed by atoms with Crippen molar-refractivity contribution in [3.05, 3.63) is 71.0 Å². The molecule has 1 saturated heterocycles. The van der Waals surface area contributed by atoms with Gasteiger partial charge in [0.1, 0.15) is 12.9 Å². The minimum atomic E-state index is -0.215. The lowest BCUT2D eigenvalue weighted by Gasteiger charge is -2.35. The number of cyclic esters (lactones) is 1. The maximum atomic E-state index is 12.8. The molecule has 0 spiro atoms. The van der Waals surface area contributed by atoms with Gasteiger partial charge in [-0.3, -0.25) is 9.69 Å². The summed E-state index contributed by atoms with van der Waals surface area (Å²) in [5.41, 5.74) is 4.85. The van der Waals surface area contributed by atoms with Crippen molar-refractivity contribution < 1.29 is 14.3 Å². The second kappa shape index (κ2) is 8.08. The number of carbonyl (C=O) groups excluding carboxylic acids is 2. The van der Waals surface area contributed by atoms with Gasteiger partial charge in [-0.15, -0.1) is 5.10 Å². The van der Waals surface area contributed by atoms with Crippen LogP contribution in [0.5, 0.6) is 0 Å². The summed E-state index contributed by atoms with van der Waals surface area (Å²) < 4.78 is 6.71. The molecule has 9 nitrogen and oxygen atoms in total. The number of ether oxygens (including phenoxy) is 1.